The number of aromatic nitrogens is 2. The highest BCUT2D eigenvalue weighted by atomic mass is 16.2. The Hall–Kier alpha value is -1.36. The van der Waals surface area contributed by atoms with Crippen LogP contribution in [0.2, 0.25) is 0 Å². The summed E-state index contributed by atoms with van der Waals surface area (Å²) in [6.45, 7) is 11.9. The van der Waals surface area contributed by atoms with Gasteiger partial charge in [-0.1, -0.05) is 0 Å². The average Bonchev–Trinajstić information content (AvgIpc) is 2.51. The molecule has 0 radical (unpaired) electrons. The molecule has 0 aromatic carbocycles. The largest absolute Gasteiger partial charge is 0.353 e. The van der Waals surface area contributed by atoms with Gasteiger partial charge in [0.05, 0.1) is 11.7 Å². The minimum Gasteiger partial charge on any atom is -0.353 e. The molecule has 5 heteroatoms. The van der Waals surface area contributed by atoms with Crippen LogP contribution in [-0.2, 0) is 11.8 Å². The van der Waals surface area contributed by atoms with Gasteiger partial charge in [0.2, 0.25) is 5.91 Å². The van der Waals surface area contributed by atoms with Crippen LogP contribution >= 0.6 is 0 Å². The SMILES string of the molecule is Cc1nn(C)c(C)c1C(C)NC(C)C(=O)NC(C)C. The zero-order chi connectivity index (χ0) is 14.7. The fourth-order valence-electron chi connectivity index (χ4n) is 2.36. The predicted octanol–water partition coefficient (Wildman–Crippen LogP) is 1.60. The standard InChI is InChI=1S/C14H26N4O/c1-8(2)15-14(19)11(5)16-9(3)13-10(4)17-18(7)12(13)6/h8-9,11,16H,1-7H3,(H,15,19). The molecule has 19 heavy (non-hydrogen) atoms. The second-order valence-corrected chi connectivity index (χ2v) is 5.48. The molecule has 0 saturated carbocycles. The number of carbonyl (C=O) groups excluding carboxylic acids is 1. The van der Waals surface area contributed by atoms with Crippen molar-refractivity contribution in [2.24, 2.45) is 7.05 Å². The minimum atomic E-state index is -0.226. The molecule has 1 heterocycles. The lowest BCUT2D eigenvalue weighted by Crippen LogP contribution is -2.45. The van der Waals surface area contributed by atoms with Crippen molar-refractivity contribution in [2.75, 3.05) is 0 Å². The van der Waals surface area contributed by atoms with Crippen molar-refractivity contribution in [2.45, 2.75) is 59.7 Å². The first kappa shape index (κ1) is 15.7. The van der Waals surface area contributed by atoms with Crippen molar-refractivity contribution in [3.63, 3.8) is 0 Å². The van der Waals surface area contributed by atoms with E-state index in [4.69, 9.17) is 0 Å². The van der Waals surface area contributed by atoms with Gasteiger partial charge >= 0.3 is 0 Å². The van der Waals surface area contributed by atoms with Gasteiger partial charge < -0.3 is 5.32 Å². The van der Waals surface area contributed by atoms with Crippen molar-refractivity contribution in [3.05, 3.63) is 17.0 Å². The Balaban J connectivity index is 2.74. The fraction of sp³-hybridized carbons (Fsp3) is 0.714. The highest BCUT2D eigenvalue weighted by Gasteiger charge is 2.21. The molecule has 2 unspecified atom stereocenters. The van der Waals surface area contributed by atoms with Crippen LogP contribution < -0.4 is 10.6 Å². The van der Waals surface area contributed by atoms with Crippen molar-refractivity contribution >= 4 is 5.91 Å². The molecule has 2 atom stereocenters. The Labute approximate surface area is 115 Å². The van der Waals surface area contributed by atoms with Gasteiger partial charge in [0.15, 0.2) is 0 Å². The first-order chi connectivity index (χ1) is 8.73. The molecule has 5 nitrogen and oxygen atoms in total. The summed E-state index contributed by atoms with van der Waals surface area (Å²) in [7, 11) is 1.94. The van der Waals surface area contributed by atoms with E-state index in [-0.39, 0.29) is 24.0 Å². The third-order valence-electron chi connectivity index (χ3n) is 3.32. The van der Waals surface area contributed by atoms with Crippen LogP contribution in [0.1, 0.15) is 50.7 Å². The number of amides is 1. The number of rotatable bonds is 5. The Bertz CT molecular complexity index is 451. The van der Waals surface area contributed by atoms with Gasteiger partial charge in [-0.15, -0.1) is 0 Å². The highest BCUT2D eigenvalue weighted by Crippen LogP contribution is 2.20. The van der Waals surface area contributed by atoms with E-state index in [2.05, 4.69) is 22.7 Å². The third kappa shape index (κ3) is 3.80. The lowest BCUT2D eigenvalue weighted by molar-refractivity contribution is -0.123. The van der Waals surface area contributed by atoms with Crippen LogP contribution in [-0.4, -0.2) is 27.8 Å². The van der Waals surface area contributed by atoms with Crippen LogP contribution in [0, 0.1) is 13.8 Å². The molecule has 0 saturated heterocycles. The summed E-state index contributed by atoms with van der Waals surface area (Å²) >= 11 is 0. The monoisotopic (exact) mass is 266 g/mol. The summed E-state index contributed by atoms with van der Waals surface area (Å²) in [4.78, 5) is 11.9. The maximum Gasteiger partial charge on any atom is 0.237 e. The molecule has 1 rings (SSSR count). The normalized spacial score (nSPS) is 14.5. The summed E-state index contributed by atoms with van der Waals surface area (Å²) in [6, 6.07) is 0.0342. The average molecular weight is 266 g/mol. The lowest BCUT2D eigenvalue weighted by atomic mass is 10.1. The summed E-state index contributed by atoms with van der Waals surface area (Å²) in [5, 5.41) is 10.7. The van der Waals surface area contributed by atoms with E-state index in [9.17, 15) is 4.79 Å². The van der Waals surface area contributed by atoms with E-state index >= 15 is 0 Å². The minimum absolute atomic E-state index is 0.0287. The Morgan fingerprint density at radius 1 is 1.21 bits per heavy atom. The number of hydrogen-bond donors (Lipinski definition) is 2. The van der Waals surface area contributed by atoms with E-state index in [0.717, 1.165) is 11.4 Å². The molecule has 0 aliphatic rings. The van der Waals surface area contributed by atoms with Crippen LogP contribution in [0.5, 0.6) is 0 Å². The molecule has 0 spiro atoms. The second-order valence-electron chi connectivity index (χ2n) is 5.48. The van der Waals surface area contributed by atoms with Gasteiger partial charge in [-0.3, -0.25) is 14.8 Å². The first-order valence-electron chi connectivity index (χ1n) is 6.80. The number of nitrogens with one attached hydrogen (secondary N) is 2. The van der Waals surface area contributed by atoms with Gasteiger partial charge in [0.25, 0.3) is 0 Å². The highest BCUT2D eigenvalue weighted by molar-refractivity contribution is 5.81. The predicted molar refractivity (Wildman–Crippen MR) is 77.0 cm³/mol. The maximum absolute atomic E-state index is 11.9. The molecule has 1 aromatic rings. The van der Waals surface area contributed by atoms with Gasteiger partial charge in [0.1, 0.15) is 0 Å². The summed E-state index contributed by atoms with van der Waals surface area (Å²) in [5.74, 6) is 0.0287. The fourth-order valence-corrected chi connectivity index (χ4v) is 2.36. The smallest absolute Gasteiger partial charge is 0.237 e. The van der Waals surface area contributed by atoms with E-state index in [1.165, 1.54) is 5.56 Å². The number of carbonyl (C=O) groups is 1. The van der Waals surface area contributed by atoms with Gasteiger partial charge in [-0.25, -0.2) is 0 Å². The van der Waals surface area contributed by atoms with E-state index in [1.54, 1.807) is 0 Å². The zero-order valence-electron chi connectivity index (χ0n) is 13.0. The molecule has 2 N–H and O–H groups in total. The molecule has 0 aliphatic carbocycles. The number of nitrogens with zero attached hydrogens (tertiary/aromatic N) is 2. The molecule has 108 valence electrons. The quantitative estimate of drug-likeness (QED) is 0.851. The van der Waals surface area contributed by atoms with Gasteiger partial charge in [-0.2, -0.15) is 5.10 Å². The Morgan fingerprint density at radius 2 is 1.79 bits per heavy atom. The van der Waals surface area contributed by atoms with E-state index in [1.807, 2.05) is 46.3 Å². The van der Waals surface area contributed by atoms with Crippen LogP contribution in [0.15, 0.2) is 0 Å². The van der Waals surface area contributed by atoms with E-state index in [0.29, 0.717) is 0 Å². The second kappa shape index (κ2) is 6.19. The van der Waals surface area contributed by atoms with Crippen molar-refractivity contribution in [3.8, 4) is 0 Å². The van der Waals surface area contributed by atoms with Crippen molar-refractivity contribution < 1.29 is 4.79 Å². The molecule has 1 aromatic heterocycles. The van der Waals surface area contributed by atoms with Gasteiger partial charge in [-0.05, 0) is 41.5 Å². The summed E-state index contributed by atoms with van der Waals surface area (Å²) < 4.78 is 1.88. The lowest BCUT2D eigenvalue weighted by Gasteiger charge is -2.21. The van der Waals surface area contributed by atoms with E-state index < -0.39 is 0 Å². The summed E-state index contributed by atoms with van der Waals surface area (Å²) in [5.41, 5.74) is 3.32. The van der Waals surface area contributed by atoms with Crippen LogP contribution in [0.4, 0.5) is 0 Å². The third-order valence-corrected chi connectivity index (χ3v) is 3.32. The molecule has 0 fully saturated rings. The Kier molecular flexibility index (Phi) is 5.11. The number of hydrogen-bond acceptors (Lipinski definition) is 3. The maximum atomic E-state index is 11.9. The topological polar surface area (TPSA) is 59.0 Å². The van der Waals surface area contributed by atoms with Gasteiger partial charge in [0, 0.05) is 30.4 Å². The molecular formula is C14H26N4O. The first-order valence-corrected chi connectivity index (χ1v) is 6.80. The Morgan fingerprint density at radius 3 is 2.21 bits per heavy atom. The van der Waals surface area contributed by atoms with Crippen molar-refractivity contribution in [1.29, 1.82) is 0 Å². The van der Waals surface area contributed by atoms with Crippen LogP contribution in [0.25, 0.3) is 0 Å². The molecular weight excluding hydrogens is 240 g/mol. The zero-order valence-corrected chi connectivity index (χ0v) is 13.0. The molecule has 0 bridgehead atoms. The van der Waals surface area contributed by atoms with Crippen LogP contribution in [0.3, 0.4) is 0 Å². The summed E-state index contributed by atoms with van der Waals surface area (Å²) in [6.07, 6.45) is 0. The van der Waals surface area contributed by atoms with Crippen molar-refractivity contribution in [1.82, 2.24) is 20.4 Å². The molecule has 0 aliphatic heterocycles. The number of aryl methyl sites for hydroxylation is 2. The molecule has 1 amide bonds.